The van der Waals surface area contributed by atoms with Gasteiger partial charge in [0.05, 0.1) is 5.56 Å². The second kappa shape index (κ2) is 3.18. The van der Waals surface area contributed by atoms with Gasteiger partial charge in [-0.25, -0.2) is 5.10 Å². The molecule has 0 radical (unpaired) electrons. The molecule has 0 spiro atoms. The molecule has 0 aliphatic heterocycles. The first-order chi connectivity index (χ1) is 6.81. The fourth-order valence-corrected chi connectivity index (χ4v) is 1.18. The Bertz CT molecular complexity index is 533. The summed E-state index contributed by atoms with van der Waals surface area (Å²) in [6, 6.07) is 4.94. The summed E-state index contributed by atoms with van der Waals surface area (Å²) >= 11 is 0. The van der Waals surface area contributed by atoms with Gasteiger partial charge in [0.2, 0.25) is 0 Å². The Labute approximate surface area is 79.0 Å². The Hall–Kier alpha value is -2.35. The molecule has 0 saturated carbocycles. The minimum atomic E-state index is -0.374. The van der Waals surface area contributed by atoms with Crippen molar-refractivity contribution in [2.45, 2.75) is 0 Å². The number of nitriles is 1. The van der Waals surface area contributed by atoms with Gasteiger partial charge in [-0.2, -0.15) is 10.4 Å². The molecule has 0 aliphatic carbocycles. The van der Waals surface area contributed by atoms with E-state index in [1.165, 1.54) is 6.07 Å². The quantitative estimate of drug-likeness (QED) is 0.685. The molecule has 2 rings (SSSR count). The van der Waals surface area contributed by atoms with E-state index >= 15 is 0 Å². The van der Waals surface area contributed by atoms with Crippen LogP contribution in [0.3, 0.4) is 0 Å². The third kappa shape index (κ3) is 1.29. The zero-order valence-electron chi connectivity index (χ0n) is 7.11. The van der Waals surface area contributed by atoms with Crippen LogP contribution in [-0.2, 0) is 0 Å². The van der Waals surface area contributed by atoms with Crippen LogP contribution in [0, 0.1) is 11.3 Å². The minimum Gasteiger partial charge on any atom is -0.367 e. The number of hydrogen-bond donors (Lipinski definition) is 2. The van der Waals surface area contributed by atoms with Crippen LogP contribution in [0.25, 0.3) is 11.3 Å². The molecule has 0 amide bonds. The topological polar surface area (TPSA) is 85.3 Å². The lowest BCUT2D eigenvalue weighted by molar-refractivity contribution is 0.990. The van der Waals surface area contributed by atoms with E-state index in [1.807, 2.05) is 6.07 Å². The molecular formula is C9H6N4O. The highest BCUT2D eigenvalue weighted by Crippen LogP contribution is 2.17. The molecule has 0 atom stereocenters. The molecule has 0 aliphatic rings. The molecule has 2 aromatic heterocycles. The lowest BCUT2D eigenvalue weighted by Crippen LogP contribution is -2.08. The first kappa shape index (κ1) is 8.26. The molecule has 5 heteroatoms. The number of nitrogens with zero attached hydrogens (tertiary/aromatic N) is 2. The number of aromatic nitrogens is 3. The number of nitrogens with one attached hydrogen (secondary N) is 2. The van der Waals surface area contributed by atoms with Gasteiger partial charge >= 0.3 is 0 Å². The van der Waals surface area contributed by atoms with Crippen molar-refractivity contribution < 1.29 is 0 Å². The molecule has 2 heterocycles. The zero-order valence-corrected chi connectivity index (χ0v) is 7.11. The lowest BCUT2D eigenvalue weighted by Gasteiger charge is -1.96. The van der Waals surface area contributed by atoms with Gasteiger partial charge in [0.25, 0.3) is 5.56 Å². The largest absolute Gasteiger partial charge is 0.367 e. The smallest absolute Gasteiger partial charge is 0.265 e. The monoisotopic (exact) mass is 186 g/mol. The van der Waals surface area contributed by atoms with Gasteiger partial charge in [0.15, 0.2) is 0 Å². The molecule has 0 saturated heterocycles. The molecule has 2 N–H and O–H groups in total. The van der Waals surface area contributed by atoms with Crippen molar-refractivity contribution in [3.8, 4) is 17.3 Å². The minimum absolute atomic E-state index is 0.272. The van der Waals surface area contributed by atoms with Crippen LogP contribution in [-0.4, -0.2) is 15.2 Å². The van der Waals surface area contributed by atoms with Crippen LogP contribution in [0.5, 0.6) is 0 Å². The predicted molar refractivity (Wildman–Crippen MR) is 49.4 cm³/mol. The lowest BCUT2D eigenvalue weighted by atomic mass is 10.1. The average molecular weight is 186 g/mol. The summed E-state index contributed by atoms with van der Waals surface area (Å²) in [5.41, 5.74) is 1.15. The highest BCUT2D eigenvalue weighted by Gasteiger charge is 2.07. The van der Waals surface area contributed by atoms with E-state index in [0.717, 1.165) is 5.56 Å². The maximum atomic E-state index is 10.9. The van der Waals surface area contributed by atoms with Crippen molar-refractivity contribution in [3.63, 3.8) is 0 Å². The van der Waals surface area contributed by atoms with Crippen LogP contribution >= 0.6 is 0 Å². The fourth-order valence-electron chi connectivity index (χ4n) is 1.18. The van der Waals surface area contributed by atoms with Gasteiger partial charge in [-0.3, -0.25) is 4.79 Å². The predicted octanol–water partition coefficient (Wildman–Crippen LogP) is 0.637. The van der Waals surface area contributed by atoms with Crippen molar-refractivity contribution in [3.05, 3.63) is 40.4 Å². The van der Waals surface area contributed by atoms with Gasteiger partial charge < -0.3 is 4.98 Å². The molecule has 5 nitrogen and oxygen atoms in total. The molecule has 0 unspecified atom stereocenters. The Kier molecular flexibility index (Phi) is 1.88. The van der Waals surface area contributed by atoms with Crippen LogP contribution < -0.4 is 5.56 Å². The van der Waals surface area contributed by atoms with Gasteiger partial charge in [-0.05, 0) is 6.07 Å². The van der Waals surface area contributed by atoms with Gasteiger partial charge in [0.1, 0.15) is 11.8 Å². The van der Waals surface area contributed by atoms with E-state index < -0.39 is 0 Å². The SMILES string of the molecule is N#Cc1cc(=O)[nH]nc1-c1cc[nH]c1. The molecule has 14 heavy (non-hydrogen) atoms. The van der Waals surface area contributed by atoms with E-state index in [9.17, 15) is 4.79 Å². The summed E-state index contributed by atoms with van der Waals surface area (Å²) in [5.74, 6) is 0. The summed E-state index contributed by atoms with van der Waals surface area (Å²) in [5, 5.41) is 14.9. The van der Waals surface area contributed by atoms with E-state index in [2.05, 4.69) is 15.2 Å². The first-order valence-corrected chi connectivity index (χ1v) is 3.94. The summed E-state index contributed by atoms with van der Waals surface area (Å²) < 4.78 is 0. The van der Waals surface area contributed by atoms with E-state index in [0.29, 0.717) is 5.69 Å². The Morgan fingerprint density at radius 3 is 3.00 bits per heavy atom. The summed E-state index contributed by atoms with van der Waals surface area (Å²) in [6.07, 6.45) is 3.44. The fraction of sp³-hybridized carbons (Fsp3) is 0. The second-order valence-electron chi connectivity index (χ2n) is 2.71. The third-order valence-corrected chi connectivity index (χ3v) is 1.80. The normalized spacial score (nSPS) is 9.64. The van der Waals surface area contributed by atoms with Crippen LogP contribution in [0.2, 0.25) is 0 Å². The molecule has 0 bridgehead atoms. The number of H-pyrrole nitrogens is 2. The highest BCUT2D eigenvalue weighted by molar-refractivity contribution is 5.64. The molecule has 68 valence electrons. The highest BCUT2D eigenvalue weighted by atomic mass is 16.1. The van der Waals surface area contributed by atoms with Gasteiger partial charge in [-0.15, -0.1) is 0 Å². The van der Waals surface area contributed by atoms with Crippen molar-refractivity contribution in [2.75, 3.05) is 0 Å². The molecule has 0 aromatic carbocycles. The maximum Gasteiger partial charge on any atom is 0.265 e. The molecule has 0 fully saturated rings. The average Bonchev–Trinajstić information content (AvgIpc) is 2.70. The Morgan fingerprint density at radius 2 is 2.36 bits per heavy atom. The van der Waals surface area contributed by atoms with Gasteiger partial charge in [0, 0.05) is 24.0 Å². The van der Waals surface area contributed by atoms with Crippen LogP contribution in [0.4, 0.5) is 0 Å². The van der Waals surface area contributed by atoms with E-state index in [4.69, 9.17) is 5.26 Å². The Morgan fingerprint density at radius 1 is 1.50 bits per heavy atom. The van der Waals surface area contributed by atoms with Crippen molar-refractivity contribution in [2.24, 2.45) is 0 Å². The van der Waals surface area contributed by atoms with Gasteiger partial charge in [-0.1, -0.05) is 0 Å². The summed E-state index contributed by atoms with van der Waals surface area (Å²) in [6.45, 7) is 0. The van der Waals surface area contributed by atoms with Crippen molar-refractivity contribution in [1.82, 2.24) is 15.2 Å². The standard InChI is InChI=1S/C9H6N4O/c10-4-7-3-8(14)12-13-9(7)6-1-2-11-5-6/h1-3,5,11H,(H,12,14). The Balaban J connectivity index is 2.66. The zero-order chi connectivity index (χ0) is 9.97. The van der Waals surface area contributed by atoms with Crippen LogP contribution in [0.1, 0.15) is 5.56 Å². The van der Waals surface area contributed by atoms with Crippen molar-refractivity contribution >= 4 is 0 Å². The number of rotatable bonds is 1. The number of aromatic amines is 2. The third-order valence-electron chi connectivity index (χ3n) is 1.80. The van der Waals surface area contributed by atoms with E-state index in [1.54, 1.807) is 18.5 Å². The van der Waals surface area contributed by atoms with E-state index in [-0.39, 0.29) is 11.1 Å². The molecule has 2 aromatic rings. The molecular weight excluding hydrogens is 180 g/mol. The van der Waals surface area contributed by atoms with Crippen LogP contribution in [0.15, 0.2) is 29.3 Å². The first-order valence-electron chi connectivity index (χ1n) is 3.94. The number of hydrogen-bond acceptors (Lipinski definition) is 3. The summed E-state index contributed by atoms with van der Waals surface area (Å²) in [4.78, 5) is 13.7. The second-order valence-corrected chi connectivity index (χ2v) is 2.71. The summed E-state index contributed by atoms with van der Waals surface area (Å²) in [7, 11) is 0. The van der Waals surface area contributed by atoms with Crippen molar-refractivity contribution in [1.29, 1.82) is 5.26 Å². The maximum absolute atomic E-state index is 10.9.